The van der Waals surface area contributed by atoms with Crippen LogP contribution in [0.4, 0.5) is 49.6 Å². The predicted molar refractivity (Wildman–Crippen MR) is 247 cm³/mol. The number of aryl methyl sites for hydroxylation is 2. The Labute approximate surface area is 389 Å². The van der Waals surface area contributed by atoms with Gasteiger partial charge in [-0.3, -0.25) is 0 Å². The third-order valence-electron chi connectivity index (χ3n) is 12.7. The van der Waals surface area contributed by atoms with Gasteiger partial charge in [-0.1, -0.05) is 41.5 Å². The molecule has 2 aliphatic rings. The molecule has 4 N–H and O–H groups in total. The van der Waals surface area contributed by atoms with E-state index >= 15 is 0 Å². The molecular formula is C50H56F6N6O6. The summed E-state index contributed by atoms with van der Waals surface area (Å²) in [5, 5.41) is 25.6. The molecule has 2 aromatic heterocycles. The van der Waals surface area contributed by atoms with Crippen molar-refractivity contribution in [2.45, 2.75) is 119 Å². The molecule has 2 fully saturated rings. The monoisotopic (exact) mass is 950 g/mol. The van der Waals surface area contributed by atoms with Gasteiger partial charge in [0.1, 0.15) is 11.5 Å². The molecular weight excluding hydrogens is 895 g/mol. The van der Waals surface area contributed by atoms with Gasteiger partial charge in [0, 0.05) is 23.5 Å². The first-order valence-corrected chi connectivity index (χ1v) is 22.4. The summed E-state index contributed by atoms with van der Waals surface area (Å²) in [6, 6.07) is 18.0. The van der Waals surface area contributed by atoms with Gasteiger partial charge in [0.25, 0.3) is 0 Å². The molecule has 2 saturated carbocycles. The Kier molecular flexibility index (Phi) is 13.5. The number of carbonyl (C=O) groups is 2. The SMILES string of the molecule is Cc1cc2c(cc1C(=O)O)nc(Nc1ccc(OC(F)(F)F)cc1)n2[C@@H]1C[C@H](C)CC(C)(C)C1.Cc1cc2c(cc1C(=O)O)nc(Nc1ccc(OC(F)(F)F)cc1)n2[C@H]1C[C@@H](C)CC(C)(C)C1. The molecule has 2 aliphatic carbocycles. The highest BCUT2D eigenvalue weighted by atomic mass is 19.4. The zero-order valence-corrected chi connectivity index (χ0v) is 39.1. The van der Waals surface area contributed by atoms with Gasteiger partial charge in [-0.25, -0.2) is 19.6 Å². The summed E-state index contributed by atoms with van der Waals surface area (Å²) < 4.78 is 87.1. The highest BCUT2D eigenvalue weighted by molar-refractivity contribution is 5.96. The van der Waals surface area contributed by atoms with Crippen LogP contribution in [0.15, 0.2) is 72.8 Å². The van der Waals surface area contributed by atoms with Crippen molar-refractivity contribution in [1.82, 2.24) is 19.1 Å². The molecule has 0 amide bonds. The van der Waals surface area contributed by atoms with Gasteiger partial charge in [0.2, 0.25) is 11.9 Å². The van der Waals surface area contributed by atoms with E-state index in [0.717, 1.165) is 49.6 Å². The van der Waals surface area contributed by atoms with Crippen LogP contribution in [0.25, 0.3) is 22.1 Å². The van der Waals surface area contributed by atoms with Crippen LogP contribution in [-0.2, 0) is 0 Å². The third kappa shape index (κ3) is 11.8. The standard InChI is InChI=1S/2C25H28F3N3O3/c2*1-14-9-17(13-24(3,4)12-14)31-21-10-15(2)19(22(32)33)11-20(21)30-23(31)29-16-5-7-18(8-6-16)34-25(26,27)28/h2*5-8,10-11,14,17H,9,12-13H2,1-4H3,(H,29,30)(H,32,33)/t2*14-,17+/m10/s1. The molecule has 4 atom stereocenters. The number of imidazole rings is 2. The molecule has 0 bridgehead atoms. The lowest BCUT2D eigenvalue weighted by molar-refractivity contribution is -0.275. The summed E-state index contributed by atoms with van der Waals surface area (Å²) in [6.07, 6.45) is -3.54. The summed E-state index contributed by atoms with van der Waals surface area (Å²) in [6.45, 7) is 17.0. The fourth-order valence-corrected chi connectivity index (χ4v) is 10.6. The van der Waals surface area contributed by atoms with Crippen LogP contribution in [-0.4, -0.2) is 54.0 Å². The van der Waals surface area contributed by atoms with Crippen molar-refractivity contribution in [3.8, 4) is 11.5 Å². The Morgan fingerprint density at radius 2 is 0.941 bits per heavy atom. The maximum Gasteiger partial charge on any atom is 0.573 e. The first kappa shape index (κ1) is 49.4. The zero-order chi connectivity index (χ0) is 49.7. The topological polar surface area (TPSA) is 153 Å². The molecule has 364 valence electrons. The minimum absolute atomic E-state index is 0.128. The van der Waals surface area contributed by atoms with E-state index in [1.807, 2.05) is 12.1 Å². The fourth-order valence-electron chi connectivity index (χ4n) is 10.6. The van der Waals surface area contributed by atoms with Crippen LogP contribution in [0.2, 0.25) is 0 Å². The molecule has 2 heterocycles. The highest BCUT2D eigenvalue weighted by Crippen LogP contribution is 2.48. The summed E-state index contributed by atoms with van der Waals surface area (Å²) in [5.41, 5.74) is 5.78. The second kappa shape index (κ2) is 18.6. The van der Waals surface area contributed by atoms with Crippen molar-refractivity contribution in [2.24, 2.45) is 22.7 Å². The van der Waals surface area contributed by atoms with Gasteiger partial charge in [0.15, 0.2) is 0 Å². The normalized spacial score (nSPS) is 20.3. The first-order valence-electron chi connectivity index (χ1n) is 22.4. The fraction of sp³-hybridized carbons (Fsp3) is 0.440. The van der Waals surface area contributed by atoms with E-state index in [1.54, 1.807) is 26.0 Å². The number of carboxylic acids is 2. The van der Waals surface area contributed by atoms with Gasteiger partial charge < -0.3 is 39.5 Å². The van der Waals surface area contributed by atoms with E-state index in [1.165, 1.54) is 48.5 Å². The first-order chi connectivity index (χ1) is 31.6. The van der Waals surface area contributed by atoms with Crippen LogP contribution in [0, 0.1) is 36.5 Å². The number of nitrogens with zero attached hydrogens (tertiary/aromatic N) is 4. The lowest BCUT2D eigenvalue weighted by Gasteiger charge is -2.40. The minimum Gasteiger partial charge on any atom is -0.478 e. The Bertz CT molecular complexity index is 2620. The van der Waals surface area contributed by atoms with Crippen LogP contribution < -0.4 is 20.1 Å². The van der Waals surface area contributed by atoms with Crippen molar-refractivity contribution in [1.29, 1.82) is 0 Å². The van der Waals surface area contributed by atoms with E-state index in [2.05, 4.69) is 70.8 Å². The second-order valence-corrected chi connectivity index (χ2v) is 20.1. The smallest absolute Gasteiger partial charge is 0.478 e. The molecule has 12 nitrogen and oxygen atoms in total. The number of halogens is 6. The molecule has 18 heteroatoms. The highest BCUT2D eigenvalue weighted by Gasteiger charge is 2.37. The average Bonchev–Trinajstić information content (AvgIpc) is 3.72. The van der Waals surface area contributed by atoms with Gasteiger partial charge in [0.05, 0.1) is 33.2 Å². The largest absolute Gasteiger partial charge is 0.573 e. The molecule has 0 spiro atoms. The number of hydrogen-bond acceptors (Lipinski definition) is 8. The van der Waals surface area contributed by atoms with Gasteiger partial charge in [-0.05, 0) is 159 Å². The number of hydrogen-bond donors (Lipinski definition) is 4. The average molecular weight is 951 g/mol. The summed E-state index contributed by atoms with van der Waals surface area (Å²) in [5.74, 6) is -0.610. The van der Waals surface area contributed by atoms with Crippen molar-refractivity contribution >= 4 is 57.3 Å². The molecule has 4 aromatic carbocycles. The van der Waals surface area contributed by atoms with Gasteiger partial charge >= 0.3 is 24.7 Å². The van der Waals surface area contributed by atoms with Crippen molar-refractivity contribution < 1.29 is 55.6 Å². The molecule has 0 radical (unpaired) electrons. The molecule has 0 aliphatic heterocycles. The maximum absolute atomic E-state index is 12.5. The third-order valence-corrected chi connectivity index (χ3v) is 12.7. The quantitative estimate of drug-likeness (QED) is 0.0976. The Morgan fingerprint density at radius 3 is 1.24 bits per heavy atom. The summed E-state index contributed by atoms with van der Waals surface area (Å²) in [4.78, 5) is 32.7. The van der Waals surface area contributed by atoms with Gasteiger partial charge in [-0.2, -0.15) is 0 Å². The van der Waals surface area contributed by atoms with E-state index in [4.69, 9.17) is 9.97 Å². The number of rotatable bonds is 10. The number of alkyl halides is 6. The van der Waals surface area contributed by atoms with E-state index < -0.39 is 24.7 Å². The van der Waals surface area contributed by atoms with Crippen molar-refractivity contribution in [3.05, 3.63) is 95.1 Å². The molecule has 0 unspecified atom stereocenters. The Balaban J connectivity index is 0.000000201. The Morgan fingerprint density at radius 1 is 0.603 bits per heavy atom. The molecule has 0 saturated heterocycles. The second-order valence-electron chi connectivity index (χ2n) is 20.1. The van der Waals surface area contributed by atoms with Crippen LogP contribution in [0.5, 0.6) is 11.5 Å². The number of carboxylic acid groups (broad SMARTS) is 2. The Hall–Kier alpha value is -6.46. The molecule has 6 aromatic rings. The molecule has 68 heavy (non-hydrogen) atoms. The number of aromatic carboxylic acids is 2. The number of aromatic nitrogens is 4. The number of nitrogens with one attached hydrogen (secondary N) is 2. The van der Waals surface area contributed by atoms with Crippen LogP contribution >= 0.6 is 0 Å². The van der Waals surface area contributed by atoms with Crippen molar-refractivity contribution in [3.63, 3.8) is 0 Å². The lowest BCUT2D eigenvalue weighted by atomic mass is 9.70. The summed E-state index contributed by atoms with van der Waals surface area (Å²) >= 11 is 0. The van der Waals surface area contributed by atoms with Crippen molar-refractivity contribution in [2.75, 3.05) is 10.6 Å². The van der Waals surface area contributed by atoms with Crippen LogP contribution in [0.1, 0.15) is 124 Å². The predicted octanol–water partition coefficient (Wildman–Crippen LogP) is 14.1. The number of fused-ring (bicyclic) bond motifs is 2. The summed E-state index contributed by atoms with van der Waals surface area (Å²) in [7, 11) is 0. The number of anilines is 4. The number of ether oxygens (including phenoxy) is 2. The van der Waals surface area contributed by atoms with E-state index in [9.17, 15) is 46.1 Å². The zero-order valence-electron chi connectivity index (χ0n) is 39.1. The van der Waals surface area contributed by atoms with E-state index in [-0.39, 0.29) is 45.5 Å². The number of benzene rings is 4. The van der Waals surface area contributed by atoms with Gasteiger partial charge in [-0.15, -0.1) is 26.3 Å². The minimum atomic E-state index is -4.76. The lowest BCUT2D eigenvalue weighted by Crippen LogP contribution is -2.29. The molecule has 8 rings (SSSR count). The van der Waals surface area contributed by atoms with E-state index in [0.29, 0.717) is 57.3 Å². The van der Waals surface area contributed by atoms with Crippen LogP contribution in [0.3, 0.4) is 0 Å². The maximum atomic E-state index is 12.5.